The van der Waals surface area contributed by atoms with Gasteiger partial charge >= 0.3 is 0 Å². The summed E-state index contributed by atoms with van der Waals surface area (Å²) < 4.78 is 6.34. The quantitative estimate of drug-likeness (QED) is 0.907. The number of thiazole rings is 1. The number of nitrogens with one attached hydrogen (secondary N) is 1. The van der Waals surface area contributed by atoms with Gasteiger partial charge < -0.3 is 10.1 Å². The molecule has 0 aliphatic rings. The minimum Gasteiger partial charge on any atom is -0.369 e. The number of ether oxygens (including phenoxy) is 1. The first-order chi connectivity index (χ1) is 8.15. The Morgan fingerprint density at radius 2 is 2.35 bits per heavy atom. The Labute approximate surface area is 104 Å². The third-order valence-corrected chi connectivity index (χ3v) is 2.97. The molecule has 17 heavy (non-hydrogen) atoms. The van der Waals surface area contributed by atoms with Crippen LogP contribution in [0.2, 0.25) is 0 Å². The van der Waals surface area contributed by atoms with Crippen LogP contribution in [0, 0.1) is 0 Å². The third kappa shape index (κ3) is 3.25. The number of anilines is 1. The molecule has 0 spiro atoms. The van der Waals surface area contributed by atoms with Crippen LogP contribution in [0.25, 0.3) is 10.2 Å². The van der Waals surface area contributed by atoms with E-state index in [4.69, 9.17) is 4.74 Å². The van der Waals surface area contributed by atoms with Crippen LogP contribution >= 0.6 is 11.3 Å². The van der Waals surface area contributed by atoms with Gasteiger partial charge in [0.2, 0.25) is 5.91 Å². The van der Waals surface area contributed by atoms with Crippen molar-refractivity contribution in [2.75, 3.05) is 11.9 Å². The number of rotatable bonds is 4. The molecule has 1 aromatic carbocycles. The summed E-state index contributed by atoms with van der Waals surface area (Å²) in [5.41, 5.74) is 3.44. The average Bonchev–Trinajstić information content (AvgIpc) is 2.73. The highest BCUT2D eigenvalue weighted by Crippen LogP contribution is 2.21. The van der Waals surface area contributed by atoms with E-state index < -0.39 is 0 Å². The molecule has 5 heteroatoms. The van der Waals surface area contributed by atoms with Gasteiger partial charge in [-0.15, -0.1) is 11.3 Å². The van der Waals surface area contributed by atoms with E-state index in [1.54, 1.807) is 16.8 Å². The molecule has 1 N–H and O–H groups in total. The lowest BCUT2D eigenvalue weighted by Crippen LogP contribution is -2.20. The zero-order valence-electron chi connectivity index (χ0n) is 9.77. The van der Waals surface area contributed by atoms with Crippen molar-refractivity contribution in [3.05, 3.63) is 23.7 Å². The Balaban J connectivity index is 2.00. The van der Waals surface area contributed by atoms with Crippen LogP contribution < -0.4 is 5.32 Å². The normalized spacial score (nSPS) is 11.0. The molecule has 0 aliphatic heterocycles. The summed E-state index contributed by atoms with van der Waals surface area (Å²) in [7, 11) is 0. The first-order valence-electron chi connectivity index (χ1n) is 5.40. The summed E-state index contributed by atoms with van der Waals surface area (Å²) >= 11 is 1.58. The Bertz CT molecular complexity index is 522. The van der Waals surface area contributed by atoms with Gasteiger partial charge in [-0.25, -0.2) is 4.98 Å². The summed E-state index contributed by atoms with van der Waals surface area (Å²) in [5.74, 6) is -0.145. The number of nitrogens with zero attached hydrogens (tertiary/aromatic N) is 1. The van der Waals surface area contributed by atoms with Crippen molar-refractivity contribution >= 4 is 33.1 Å². The SMILES string of the molecule is CC(C)OCC(=O)Nc1ccc2scnc2c1. The van der Waals surface area contributed by atoms with Crippen molar-refractivity contribution in [3.8, 4) is 0 Å². The molecule has 0 unspecified atom stereocenters. The maximum atomic E-state index is 11.5. The summed E-state index contributed by atoms with van der Waals surface area (Å²) in [6.45, 7) is 3.87. The number of carbonyl (C=O) groups excluding carboxylic acids is 1. The second kappa shape index (κ2) is 5.25. The minimum absolute atomic E-state index is 0.0572. The molecule has 2 aromatic rings. The fourth-order valence-electron chi connectivity index (χ4n) is 1.38. The molecule has 0 saturated carbocycles. The molecular weight excluding hydrogens is 236 g/mol. The summed E-state index contributed by atoms with van der Waals surface area (Å²) in [4.78, 5) is 15.7. The number of hydrogen-bond donors (Lipinski definition) is 1. The van der Waals surface area contributed by atoms with Crippen LogP contribution in [0.15, 0.2) is 23.7 Å². The maximum Gasteiger partial charge on any atom is 0.250 e. The lowest BCUT2D eigenvalue weighted by atomic mass is 10.3. The Morgan fingerprint density at radius 1 is 1.53 bits per heavy atom. The fraction of sp³-hybridized carbons (Fsp3) is 0.333. The van der Waals surface area contributed by atoms with Gasteiger partial charge in [0.05, 0.1) is 21.8 Å². The van der Waals surface area contributed by atoms with E-state index in [9.17, 15) is 4.79 Å². The van der Waals surface area contributed by atoms with Crippen LogP contribution in [-0.4, -0.2) is 23.6 Å². The number of aromatic nitrogens is 1. The van der Waals surface area contributed by atoms with E-state index in [1.165, 1.54) is 0 Å². The predicted octanol–water partition coefficient (Wildman–Crippen LogP) is 2.66. The van der Waals surface area contributed by atoms with Gasteiger partial charge in [0.15, 0.2) is 0 Å². The van der Waals surface area contributed by atoms with Gasteiger partial charge in [-0.1, -0.05) is 0 Å². The van der Waals surface area contributed by atoms with Crippen molar-refractivity contribution < 1.29 is 9.53 Å². The molecule has 0 atom stereocenters. The third-order valence-electron chi connectivity index (χ3n) is 2.16. The van der Waals surface area contributed by atoms with Gasteiger partial charge in [0.1, 0.15) is 6.61 Å². The summed E-state index contributed by atoms with van der Waals surface area (Å²) in [5, 5.41) is 2.78. The fourth-order valence-corrected chi connectivity index (χ4v) is 2.03. The zero-order chi connectivity index (χ0) is 12.3. The van der Waals surface area contributed by atoms with E-state index in [0.717, 1.165) is 15.9 Å². The summed E-state index contributed by atoms with van der Waals surface area (Å²) in [6, 6.07) is 5.68. The molecule has 0 bridgehead atoms. The second-order valence-corrected chi connectivity index (χ2v) is 4.83. The minimum atomic E-state index is -0.145. The monoisotopic (exact) mass is 250 g/mol. The standard InChI is InChI=1S/C12H14N2O2S/c1-8(2)16-6-12(15)14-9-3-4-11-10(5-9)13-7-17-11/h3-5,7-8H,6H2,1-2H3,(H,14,15). The smallest absolute Gasteiger partial charge is 0.250 e. The Morgan fingerprint density at radius 3 is 3.12 bits per heavy atom. The van der Waals surface area contributed by atoms with E-state index in [0.29, 0.717) is 0 Å². The molecule has 0 fully saturated rings. The Kier molecular flexibility index (Phi) is 3.71. The van der Waals surface area contributed by atoms with E-state index in [-0.39, 0.29) is 18.6 Å². The topological polar surface area (TPSA) is 51.2 Å². The summed E-state index contributed by atoms with van der Waals surface area (Å²) in [6.07, 6.45) is 0.0572. The van der Waals surface area contributed by atoms with Gasteiger partial charge in [-0.2, -0.15) is 0 Å². The molecule has 1 heterocycles. The molecular formula is C12H14N2O2S. The predicted molar refractivity (Wildman–Crippen MR) is 69.3 cm³/mol. The molecule has 0 aliphatic carbocycles. The van der Waals surface area contributed by atoms with Crippen molar-refractivity contribution in [2.45, 2.75) is 20.0 Å². The molecule has 2 rings (SSSR count). The van der Waals surface area contributed by atoms with E-state index in [1.807, 2.05) is 32.0 Å². The molecule has 1 aromatic heterocycles. The van der Waals surface area contributed by atoms with Crippen molar-refractivity contribution in [2.24, 2.45) is 0 Å². The van der Waals surface area contributed by atoms with Crippen LogP contribution in [0.1, 0.15) is 13.8 Å². The molecule has 0 radical (unpaired) electrons. The second-order valence-electron chi connectivity index (χ2n) is 3.94. The molecule has 90 valence electrons. The number of hydrogen-bond acceptors (Lipinski definition) is 4. The van der Waals surface area contributed by atoms with Crippen LogP contribution in [0.3, 0.4) is 0 Å². The van der Waals surface area contributed by atoms with Gasteiger partial charge in [0.25, 0.3) is 0 Å². The first-order valence-corrected chi connectivity index (χ1v) is 6.28. The maximum absolute atomic E-state index is 11.5. The average molecular weight is 250 g/mol. The van der Waals surface area contributed by atoms with Crippen LogP contribution in [-0.2, 0) is 9.53 Å². The Hall–Kier alpha value is -1.46. The number of fused-ring (bicyclic) bond motifs is 1. The van der Waals surface area contributed by atoms with Crippen molar-refractivity contribution in [1.82, 2.24) is 4.98 Å². The highest BCUT2D eigenvalue weighted by atomic mass is 32.1. The molecule has 4 nitrogen and oxygen atoms in total. The lowest BCUT2D eigenvalue weighted by molar-refractivity contribution is -0.121. The number of benzene rings is 1. The van der Waals surface area contributed by atoms with Crippen molar-refractivity contribution in [3.63, 3.8) is 0 Å². The zero-order valence-corrected chi connectivity index (χ0v) is 10.6. The first kappa shape index (κ1) is 12.0. The van der Waals surface area contributed by atoms with Crippen LogP contribution in [0.5, 0.6) is 0 Å². The lowest BCUT2D eigenvalue weighted by Gasteiger charge is -2.08. The highest BCUT2D eigenvalue weighted by Gasteiger charge is 2.05. The number of carbonyl (C=O) groups is 1. The van der Waals surface area contributed by atoms with E-state index in [2.05, 4.69) is 10.3 Å². The van der Waals surface area contributed by atoms with Gasteiger partial charge in [-0.3, -0.25) is 4.79 Å². The molecule has 1 amide bonds. The van der Waals surface area contributed by atoms with Crippen LogP contribution in [0.4, 0.5) is 5.69 Å². The number of amides is 1. The largest absolute Gasteiger partial charge is 0.369 e. The highest BCUT2D eigenvalue weighted by molar-refractivity contribution is 7.16. The van der Waals surface area contributed by atoms with Gasteiger partial charge in [0, 0.05) is 5.69 Å². The van der Waals surface area contributed by atoms with E-state index >= 15 is 0 Å². The van der Waals surface area contributed by atoms with Gasteiger partial charge in [-0.05, 0) is 32.0 Å². The molecule has 0 saturated heterocycles. The van der Waals surface area contributed by atoms with Crippen molar-refractivity contribution in [1.29, 1.82) is 0 Å².